The molecule has 10 heteroatoms. The minimum Gasteiger partial charge on any atom is -0.480 e. The number of methoxy groups -OCH3 is 2. The van der Waals surface area contributed by atoms with Crippen molar-refractivity contribution in [3.63, 3.8) is 0 Å². The highest BCUT2D eigenvalue weighted by atomic mass is 16.7. The number of carbonyl (C=O) groups is 3. The zero-order chi connectivity index (χ0) is 21.9. The van der Waals surface area contributed by atoms with E-state index >= 15 is 0 Å². The second-order valence-electron chi connectivity index (χ2n) is 6.35. The van der Waals surface area contributed by atoms with Crippen LogP contribution in [0.15, 0.2) is 30.3 Å². The van der Waals surface area contributed by atoms with Crippen LogP contribution in [0.2, 0.25) is 0 Å². The summed E-state index contributed by atoms with van der Waals surface area (Å²) in [5.41, 5.74) is 4.31. The lowest BCUT2D eigenvalue weighted by molar-refractivity contribution is -0.151. The Labute approximate surface area is 168 Å². The standard InChI is InChI=1S/C19H28N2O8/c1-27-15(28-2)8-10-19(20,17(24)25)16(23)14(9-11-22)21-18(26)29-12-13-6-4-3-5-7-13/h3-7,14-15,22H,8-12,20H2,1-2H3,(H,21,26)(H,24,25). The molecule has 10 nitrogen and oxygen atoms in total. The molecule has 0 aromatic heterocycles. The molecule has 162 valence electrons. The summed E-state index contributed by atoms with van der Waals surface area (Å²) >= 11 is 0. The van der Waals surface area contributed by atoms with Gasteiger partial charge in [0.05, 0.1) is 6.04 Å². The molecule has 1 rings (SSSR count). The molecule has 1 amide bonds. The summed E-state index contributed by atoms with van der Waals surface area (Å²) in [6.07, 6.45) is -2.16. The Bertz CT molecular complexity index is 665. The Morgan fingerprint density at radius 1 is 1.14 bits per heavy atom. The third kappa shape index (κ3) is 7.42. The van der Waals surface area contributed by atoms with Gasteiger partial charge in [0.25, 0.3) is 0 Å². The fourth-order valence-electron chi connectivity index (χ4n) is 2.63. The second-order valence-corrected chi connectivity index (χ2v) is 6.35. The number of ketones is 1. The number of nitrogens with one attached hydrogen (secondary N) is 1. The fraction of sp³-hybridized carbons (Fsp3) is 0.526. The van der Waals surface area contributed by atoms with Gasteiger partial charge in [0.1, 0.15) is 6.61 Å². The Hall–Kier alpha value is -2.53. The van der Waals surface area contributed by atoms with E-state index in [-0.39, 0.29) is 25.9 Å². The van der Waals surface area contributed by atoms with Gasteiger partial charge in [-0.05, 0) is 18.4 Å². The quantitative estimate of drug-likeness (QED) is 0.266. The van der Waals surface area contributed by atoms with E-state index in [9.17, 15) is 24.6 Å². The number of Topliss-reactive ketones (excluding diaryl/α,β-unsaturated/α-hetero) is 1. The van der Waals surface area contributed by atoms with Crippen LogP contribution in [0.4, 0.5) is 4.79 Å². The minimum absolute atomic E-state index is 0.0336. The molecule has 2 unspecified atom stereocenters. The predicted molar refractivity (Wildman–Crippen MR) is 102 cm³/mol. The number of amides is 1. The first-order valence-electron chi connectivity index (χ1n) is 8.98. The molecule has 0 radical (unpaired) electrons. The van der Waals surface area contributed by atoms with E-state index in [0.717, 1.165) is 5.56 Å². The Morgan fingerprint density at radius 2 is 1.76 bits per heavy atom. The fourth-order valence-corrected chi connectivity index (χ4v) is 2.63. The van der Waals surface area contributed by atoms with Crippen molar-refractivity contribution in [2.45, 2.75) is 43.7 Å². The van der Waals surface area contributed by atoms with E-state index in [1.54, 1.807) is 24.3 Å². The minimum atomic E-state index is -2.30. The number of ether oxygens (including phenoxy) is 3. The van der Waals surface area contributed by atoms with Crippen LogP contribution in [-0.4, -0.2) is 66.8 Å². The van der Waals surface area contributed by atoms with Crippen LogP contribution in [0.5, 0.6) is 0 Å². The van der Waals surface area contributed by atoms with Gasteiger partial charge in [-0.1, -0.05) is 30.3 Å². The average molecular weight is 412 g/mol. The number of hydrogen-bond acceptors (Lipinski definition) is 8. The van der Waals surface area contributed by atoms with Crippen LogP contribution in [0.25, 0.3) is 0 Å². The van der Waals surface area contributed by atoms with Gasteiger partial charge in [-0.3, -0.25) is 4.79 Å². The summed E-state index contributed by atoms with van der Waals surface area (Å²) in [4.78, 5) is 36.6. The van der Waals surface area contributed by atoms with Gasteiger partial charge in [0.15, 0.2) is 17.6 Å². The number of benzene rings is 1. The third-order valence-corrected chi connectivity index (χ3v) is 4.36. The van der Waals surface area contributed by atoms with Crippen LogP contribution < -0.4 is 11.1 Å². The molecule has 0 saturated heterocycles. The van der Waals surface area contributed by atoms with E-state index in [1.165, 1.54) is 14.2 Å². The monoisotopic (exact) mass is 412 g/mol. The lowest BCUT2D eigenvalue weighted by Crippen LogP contribution is -2.62. The second kappa shape index (κ2) is 12.1. The maximum atomic E-state index is 12.8. The maximum absolute atomic E-state index is 12.8. The number of nitrogens with two attached hydrogens (primary N) is 1. The normalized spacial score (nSPS) is 14.1. The highest BCUT2D eigenvalue weighted by Crippen LogP contribution is 2.18. The first-order chi connectivity index (χ1) is 13.8. The van der Waals surface area contributed by atoms with Gasteiger partial charge >= 0.3 is 12.1 Å². The molecular formula is C19H28N2O8. The summed E-state index contributed by atoms with van der Waals surface area (Å²) in [5, 5.41) is 21.1. The van der Waals surface area contributed by atoms with E-state index < -0.39 is 42.3 Å². The summed E-state index contributed by atoms with van der Waals surface area (Å²) in [5.74, 6) is -2.52. The number of carboxylic acids is 1. The number of alkyl carbamates (subject to hydrolysis) is 1. The largest absolute Gasteiger partial charge is 0.480 e. The molecule has 1 aromatic rings. The molecule has 0 aliphatic rings. The summed E-state index contributed by atoms with van der Waals surface area (Å²) in [6, 6.07) is 7.52. The van der Waals surface area contributed by atoms with Crippen molar-refractivity contribution in [1.29, 1.82) is 0 Å². The number of aliphatic hydroxyl groups excluding tert-OH is 1. The summed E-state index contributed by atoms with van der Waals surface area (Å²) in [7, 11) is 2.74. The number of carboxylic acid groups (broad SMARTS) is 1. The van der Waals surface area contributed by atoms with Crippen LogP contribution >= 0.6 is 0 Å². The molecule has 0 heterocycles. The van der Waals surface area contributed by atoms with Crippen LogP contribution in [0.3, 0.4) is 0 Å². The summed E-state index contributed by atoms with van der Waals surface area (Å²) < 4.78 is 15.0. The number of hydrogen-bond donors (Lipinski definition) is 4. The number of rotatable bonds is 13. The lowest BCUT2D eigenvalue weighted by Gasteiger charge is -2.29. The molecule has 2 atom stereocenters. The highest BCUT2D eigenvalue weighted by molar-refractivity contribution is 6.10. The Balaban J connectivity index is 2.82. The van der Waals surface area contributed by atoms with E-state index in [1.807, 2.05) is 6.07 Å². The van der Waals surface area contributed by atoms with Crippen molar-refractivity contribution in [3.8, 4) is 0 Å². The van der Waals surface area contributed by atoms with Crippen molar-refractivity contribution >= 4 is 17.8 Å². The number of carbonyl (C=O) groups excluding carboxylic acids is 2. The Kier molecular flexibility index (Phi) is 10.2. The van der Waals surface area contributed by atoms with Crippen molar-refractivity contribution in [1.82, 2.24) is 5.32 Å². The molecule has 0 aliphatic heterocycles. The van der Waals surface area contributed by atoms with Crippen molar-refractivity contribution in [3.05, 3.63) is 35.9 Å². The molecule has 0 fully saturated rings. The van der Waals surface area contributed by atoms with Gasteiger partial charge in [-0.25, -0.2) is 9.59 Å². The molecule has 1 aromatic carbocycles. The molecule has 0 aliphatic carbocycles. The van der Waals surface area contributed by atoms with Gasteiger partial charge in [0, 0.05) is 27.2 Å². The van der Waals surface area contributed by atoms with Crippen LogP contribution in [0.1, 0.15) is 24.8 Å². The van der Waals surface area contributed by atoms with Crippen LogP contribution in [-0.2, 0) is 30.4 Å². The number of aliphatic hydroxyl groups is 1. The SMILES string of the molecule is COC(CCC(N)(C(=O)O)C(=O)C(CCO)NC(=O)OCc1ccccc1)OC. The van der Waals surface area contributed by atoms with E-state index in [0.29, 0.717) is 0 Å². The van der Waals surface area contributed by atoms with Gasteiger partial charge in [-0.15, -0.1) is 0 Å². The molecule has 29 heavy (non-hydrogen) atoms. The van der Waals surface area contributed by atoms with Crippen molar-refractivity contribution in [2.75, 3.05) is 20.8 Å². The average Bonchev–Trinajstić information content (AvgIpc) is 2.72. The topological polar surface area (TPSA) is 157 Å². The molecule has 5 N–H and O–H groups in total. The zero-order valence-electron chi connectivity index (χ0n) is 16.5. The number of aliphatic carboxylic acids is 1. The molecule has 0 bridgehead atoms. The Morgan fingerprint density at radius 3 is 2.28 bits per heavy atom. The first kappa shape index (κ1) is 24.5. The third-order valence-electron chi connectivity index (χ3n) is 4.36. The van der Waals surface area contributed by atoms with Gasteiger partial charge in [-0.2, -0.15) is 0 Å². The van der Waals surface area contributed by atoms with Crippen molar-refractivity contribution < 1.29 is 38.8 Å². The van der Waals surface area contributed by atoms with E-state index in [4.69, 9.17) is 19.9 Å². The van der Waals surface area contributed by atoms with Gasteiger partial charge < -0.3 is 35.5 Å². The predicted octanol–water partition coefficient (Wildman–Crippen LogP) is 0.414. The van der Waals surface area contributed by atoms with Crippen molar-refractivity contribution in [2.24, 2.45) is 5.73 Å². The first-order valence-corrected chi connectivity index (χ1v) is 8.98. The van der Waals surface area contributed by atoms with Crippen LogP contribution in [0, 0.1) is 0 Å². The van der Waals surface area contributed by atoms with E-state index in [2.05, 4.69) is 5.32 Å². The highest BCUT2D eigenvalue weighted by Gasteiger charge is 2.46. The molecule has 0 spiro atoms. The summed E-state index contributed by atoms with van der Waals surface area (Å²) in [6.45, 7) is -0.507. The molecular weight excluding hydrogens is 384 g/mol. The lowest BCUT2D eigenvalue weighted by atomic mass is 9.84. The van der Waals surface area contributed by atoms with Gasteiger partial charge in [0.2, 0.25) is 0 Å². The smallest absolute Gasteiger partial charge is 0.408 e. The zero-order valence-corrected chi connectivity index (χ0v) is 16.5. The maximum Gasteiger partial charge on any atom is 0.408 e. The molecule has 0 saturated carbocycles.